The SMILES string of the molecule is CC(N=O)c1ccc(-c2csc3[nH]c(=O)c(C#N)c(O)c23)s1. The molecule has 3 rings (SSSR count). The van der Waals surface area contributed by atoms with Crippen LogP contribution in [0.5, 0.6) is 5.75 Å². The summed E-state index contributed by atoms with van der Waals surface area (Å²) >= 11 is 2.67. The maximum Gasteiger partial charge on any atom is 0.270 e. The summed E-state index contributed by atoms with van der Waals surface area (Å²) in [6, 6.07) is 4.92. The van der Waals surface area contributed by atoms with E-state index in [1.807, 2.05) is 12.1 Å². The van der Waals surface area contributed by atoms with Crippen molar-refractivity contribution in [3.8, 4) is 22.3 Å². The Bertz CT molecular complexity index is 978. The third-order valence-corrected chi connectivity index (χ3v) is 5.48. The Balaban J connectivity index is 2.24. The first-order valence-corrected chi connectivity index (χ1v) is 7.95. The van der Waals surface area contributed by atoms with E-state index in [9.17, 15) is 14.8 Å². The standard InChI is InChI=1S/C14H9N3O3S2/c1-6(17-20)9-2-3-10(22-9)8-5-21-14-11(8)12(18)7(4-15)13(19)16-14/h2-3,5-6H,1H3,(H2,16,18,19). The molecule has 1 atom stereocenters. The first-order valence-electron chi connectivity index (χ1n) is 6.26. The second kappa shape index (κ2) is 5.36. The molecule has 0 saturated carbocycles. The fraction of sp³-hybridized carbons (Fsp3) is 0.143. The summed E-state index contributed by atoms with van der Waals surface area (Å²) in [6.07, 6.45) is 0. The number of nitrogens with one attached hydrogen (secondary N) is 1. The second-order valence-corrected chi connectivity index (χ2v) is 6.62. The van der Waals surface area contributed by atoms with Crippen molar-refractivity contribution in [3.63, 3.8) is 0 Å². The van der Waals surface area contributed by atoms with Crippen molar-refractivity contribution in [2.24, 2.45) is 5.18 Å². The molecule has 0 aliphatic heterocycles. The fourth-order valence-corrected chi connectivity index (χ4v) is 4.18. The molecule has 0 radical (unpaired) electrons. The van der Waals surface area contributed by atoms with Crippen molar-refractivity contribution < 1.29 is 5.11 Å². The predicted octanol–water partition coefficient (Wildman–Crippen LogP) is 3.72. The van der Waals surface area contributed by atoms with E-state index in [2.05, 4.69) is 10.2 Å². The Hall–Kier alpha value is -2.50. The van der Waals surface area contributed by atoms with Gasteiger partial charge in [0.15, 0.2) is 5.56 Å². The Morgan fingerprint density at radius 2 is 2.23 bits per heavy atom. The summed E-state index contributed by atoms with van der Waals surface area (Å²) in [4.78, 5) is 27.1. The molecule has 8 heteroatoms. The van der Waals surface area contributed by atoms with Crippen molar-refractivity contribution in [1.29, 1.82) is 5.26 Å². The lowest BCUT2D eigenvalue weighted by atomic mass is 10.1. The number of aromatic nitrogens is 1. The molecule has 0 amide bonds. The molecule has 2 N–H and O–H groups in total. The predicted molar refractivity (Wildman–Crippen MR) is 86.3 cm³/mol. The van der Waals surface area contributed by atoms with E-state index in [4.69, 9.17) is 5.26 Å². The van der Waals surface area contributed by atoms with Crippen LogP contribution in [0.15, 0.2) is 27.5 Å². The summed E-state index contributed by atoms with van der Waals surface area (Å²) < 4.78 is 0. The molecular formula is C14H9N3O3S2. The third-order valence-electron chi connectivity index (χ3n) is 3.29. The van der Waals surface area contributed by atoms with Crippen molar-refractivity contribution in [3.05, 3.63) is 43.2 Å². The van der Waals surface area contributed by atoms with Gasteiger partial charge in [-0.25, -0.2) is 0 Å². The number of aromatic amines is 1. The summed E-state index contributed by atoms with van der Waals surface area (Å²) in [5.41, 5.74) is -0.182. The van der Waals surface area contributed by atoms with Crippen molar-refractivity contribution in [2.45, 2.75) is 13.0 Å². The number of H-pyrrole nitrogens is 1. The van der Waals surface area contributed by atoms with Gasteiger partial charge in [-0.15, -0.1) is 22.7 Å². The van der Waals surface area contributed by atoms with Crippen LogP contribution in [-0.4, -0.2) is 10.1 Å². The first kappa shape index (κ1) is 14.4. The normalized spacial score (nSPS) is 12.2. The van der Waals surface area contributed by atoms with Crippen LogP contribution in [0.4, 0.5) is 0 Å². The van der Waals surface area contributed by atoms with E-state index in [0.29, 0.717) is 10.2 Å². The number of hydrogen-bond acceptors (Lipinski definition) is 7. The van der Waals surface area contributed by atoms with Crippen molar-refractivity contribution in [2.75, 3.05) is 0 Å². The van der Waals surface area contributed by atoms with E-state index in [1.54, 1.807) is 18.4 Å². The van der Waals surface area contributed by atoms with Gasteiger partial charge in [0.2, 0.25) is 0 Å². The van der Waals surface area contributed by atoms with Crippen molar-refractivity contribution in [1.82, 2.24) is 4.98 Å². The number of hydrogen-bond donors (Lipinski definition) is 2. The monoisotopic (exact) mass is 331 g/mol. The van der Waals surface area contributed by atoms with Gasteiger partial charge in [-0.2, -0.15) is 10.2 Å². The number of pyridine rings is 1. The minimum absolute atomic E-state index is 0.299. The molecule has 0 aliphatic rings. The zero-order valence-corrected chi connectivity index (χ0v) is 12.9. The summed E-state index contributed by atoms with van der Waals surface area (Å²) in [6.45, 7) is 1.71. The van der Waals surface area contributed by atoms with E-state index in [1.165, 1.54) is 22.7 Å². The number of rotatable bonds is 3. The van der Waals surface area contributed by atoms with Crippen LogP contribution in [-0.2, 0) is 0 Å². The molecule has 0 spiro atoms. The van der Waals surface area contributed by atoms with E-state index < -0.39 is 11.6 Å². The van der Waals surface area contributed by atoms with Crippen molar-refractivity contribution >= 4 is 32.9 Å². The van der Waals surface area contributed by atoms with Gasteiger partial charge in [-0.1, -0.05) is 5.18 Å². The summed E-state index contributed by atoms with van der Waals surface area (Å²) in [5.74, 6) is -0.311. The minimum Gasteiger partial charge on any atom is -0.506 e. The molecule has 0 fully saturated rings. The molecule has 110 valence electrons. The van der Waals surface area contributed by atoms with E-state index in [-0.39, 0.29) is 11.3 Å². The second-order valence-electron chi connectivity index (χ2n) is 4.63. The van der Waals surface area contributed by atoms with E-state index in [0.717, 1.165) is 15.3 Å². The van der Waals surface area contributed by atoms with Gasteiger partial charge in [0.25, 0.3) is 5.56 Å². The molecule has 0 bridgehead atoms. The zero-order valence-electron chi connectivity index (χ0n) is 11.3. The molecule has 3 aromatic rings. The molecule has 0 aliphatic carbocycles. The number of nitriles is 1. The molecule has 0 aromatic carbocycles. The van der Waals surface area contributed by atoms with Crippen LogP contribution < -0.4 is 5.56 Å². The Morgan fingerprint density at radius 3 is 2.91 bits per heavy atom. The quantitative estimate of drug-likeness (QED) is 0.713. The fourth-order valence-electron chi connectivity index (χ4n) is 2.14. The average molecular weight is 331 g/mol. The molecule has 6 nitrogen and oxygen atoms in total. The topological polar surface area (TPSA) is 106 Å². The lowest BCUT2D eigenvalue weighted by molar-refractivity contribution is 0.479. The summed E-state index contributed by atoms with van der Waals surface area (Å²) in [5, 5.41) is 24.5. The third kappa shape index (κ3) is 2.11. The Labute approximate surface area is 132 Å². The van der Waals surface area contributed by atoms with E-state index >= 15 is 0 Å². The molecule has 1 unspecified atom stereocenters. The molecule has 3 aromatic heterocycles. The van der Waals surface area contributed by atoms with Gasteiger partial charge in [0.1, 0.15) is 22.7 Å². The zero-order chi connectivity index (χ0) is 15.9. The number of aromatic hydroxyl groups is 1. The van der Waals surface area contributed by atoms with Gasteiger partial charge in [0.05, 0.1) is 5.39 Å². The highest BCUT2D eigenvalue weighted by Crippen LogP contribution is 2.42. The highest BCUT2D eigenvalue weighted by atomic mass is 32.1. The first-order chi connectivity index (χ1) is 10.6. The largest absolute Gasteiger partial charge is 0.506 e. The average Bonchev–Trinajstić information content (AvgIpc) is 3.13. The van der Waals surface area contributed by atoms with Gasteiger partial charge >= 0.3 is 0 Å². The maximum absolute atomic E-state index is 11.7. The van der Waals surface area contributed by atoms with Crippen LogP contribution in [0.25, 0.3) is 20.7 Å². The van der Waals surface area contributed by atoms with Gasteiger partial charge < -0.3 is 10.1 Å². The van der Waals surface area contributed by atoms with Crippen LogP contribution in [0, 0.1) is 16.2 Å². The smallest absolute Gasteiger partial charge is 0.270 e. The van der Waals surface area contributed by atoms with Crippen LogP contribution in [0.1, 0.15) is 23.4 Å². The number of thiophene rings is 2. The lowest BCUT2D eigenvalue weighted by Gasteiger charge is -2.01. The van der Waals surface area contributed by atoms with Crippen LogP contribution in [0.3, 0.4) is 0 Å². The molecular weight excluding hydrogens is 322 g/mol. The number of nitroso groups, excluding NO2 is 1. The minimum atomic E-state index is -0.605. The van der Waals surface area contributed by atoms with Crippen LogP contribution in [0.2, 0.25) is 0 Å². The Kier molecular flexibility index (Phi) is 3.52. The highest BCUT2D eigenvalue weighted by molar-refractivity contribution is 7.19. The number of nitrogens with zero attached hydrogens (tertiary/aromatic N) is 2. The Morgan fingerprint density at radius 1 is 1.45 bits per heavy atom. The number of fused-ring (bicyclic) bond motifs is 1. The van der Waals surface area contributed by atoms with Gasteiger partial charge in [-0.05, 0) is 19.1 Å². The van der Waals surface area contributed by atoms with Gasteiger partial charge in [-0.3, -0.25) is 4.79 Å². The molecule has 22 heavy (non-hydrogen) atoms. The maximum atomic E-state index is 11.7. The molecule has 3 heterocycles. The van der Waals surface area contributed by atoms with Crippen LogP contribution >= 0.6 is 22.7 Å². The lowest BCUT2D eigenvalue weighted by Crippen LogP contribution is -2.09. The molecule has 0 saturated heterocycles. The summed E-state index contributed by atoms with van der Waals surface area (Å²) in [7, 11) is 0. The highest BCUT2D eigenvalue weighted by Gasteiger charge is 2.19. The van der Waals surface area contributed by atoms with Gasteiger partial charge in [0, 0.05) is 20.7 Å².